The summed E-state index contributed by atoms with van der Waals surface area (Å²) in [4.78, 5) is 60.3. The quantitative estimate of drug-likeness (QED) is 0.169. The summed E-state index contributed by atoms with van der Waals surface area (Å²) < 4.78 is 0. The number of β-amino-alcohol motifs (C(OH)–C–C–N with tert-alkyl or cyclic N) is 1. The van der Waals surface area contributed by atoms with Gasteiger partial charge in [0.2, 0.25) is 17.7 Å². The van der Waals surface area contributed by atoms with Gasteiger partial charge >= 0.3 is 0 Å². The van der Waals surface area contributed by atoms with E-state index in [1.54, 1.807) is 18.2 Å². The molecule has 3 aromatic rings. The SMILES string of the molecule is CC(C)(C)NC(=O)[C@@H]1C[C@@H]2CCCC[C@@H]2CN1C[C@@H](O)[C@H](CSc1ccccc1)NC(=O)[C@H](CC(N)=O)NC(=O)c1ccc2ccccc2n1. The molecule has 2 fully saturated rings. The van der Waals surface area contributed by atoms with Gasteiger partial charge in [0.05, 0.1) is 30.1 Å². The summed E-state index contributed by atoms with van der Waals surface area (Å²) in [7, 11) is 0. The number of aromatic nitrogens is 1. The number of amides is 4. The van der Waals surface area contributed by atoms with Crippen molar-refractivity contribution in [1.29, 1.82) is 0 Å². The maximum absolute atomic E-state index is 13.8. The Morgan fingerprint density at radius 2 is 1.66 bits per heavy atom. The highest BCUT2D eigenvalue weighted by Crippen LogP contribution is 2.39. The van der Waals surface area contributed by atoms with Gasteiger partial charge in [0.25, 0.3) is 5.91 Å². The van der Waals surface area contributed by atoms with E-state index in [4.69, 9.17) is 5.73 Å². The molecule has 1 aromatic heterocycles. The molecule has 50 heavy (non-hydrogen) atoms. The van der Waals surface area contributed by atoms with E-state index >= 15 is 0 Å². The van der Waals surface area contributed by atoms with E-state index in [1.165, 1.54) is 18.2 Å². The lowest BCUT2D eigenvalue weighted by atomic mass is 9.72. The van der Waals surface area contributed by atoms with Crippen LogP contribution in [0.25, 0.3) is 10.9 Å². The molecule has 268 valence electrons. The summed E-state index contributed by atoms with van der Waals surface area (Å²) in [6.45, 7) is 6.73. The lowest BCUT2D eigenvalue weighted by Gasteiger charge is -2.47. The molecular weight excluding hydrogens is 653 g/mol. The van der Waals surface area contributed by atoms with Crippen LogP contribution in [-0.2, 0) is 14.4 Å². The number of carbonyl (C=O) groups excluding carboxylic acids is 4. The minimum atomic E-state index is -1.30. The second-order valence-corrected chi connectivity index (χ2v) is 15.7. The summed E-state index contributed by atoms with van der Waals surface area (Å²) >= 11 is 1.47. The molecule has 2 aliphatic rings. The second-order valence-electron chi connectivity index (χ2n) is 14.6. The fraction of sp³-hybridized carbons (Fsp3) is 0.500. The van der Waals surface area contributed by atoms with Crippen LogP contribution in [0, 0.1) is 11.8 Å². The van der Waals surface area contributed by atoms with Crippen LogP contribution in [0.4, 0.5) is 0 Å². The number of aliphatic hydroxyl groups excluding tert-OH is 1. The molecule has 1 aliphatic carbocycles. The summed E-state index contributed by atoms with van der Waals surface area (Å²) in [6.07, 6.45) is 3.75. The Morgan fingerprint density at radius 1 is 0.960 bits per heavy atom. The van der Waals surface area contributed by atoms with Gasteiger partial charge in [-0.1, -0.05) is 61.7 Å². The van der Waals surface area contributed by atoms with Crippen molar-refractivity contribution in [3.63, 3.8) is 0 Å². The van der Waals surface area contributed by atoms with Crippen molar-refractivity contribution in [2.75, 3.05) is 18.8 Å². The average molecular weight is 703 g/mol. The Labute approximate surface area is 298 Å². The lowest BCUT2D eigenvalue weighted by Crippen LogP contribution is -2.61. The van der Waals surface area contributed by atoms with E-state index in [1.807, 2.05) is 69.3 Å². The lowest BCUT2D eigenvalue weighted by molar-refractivity contribution is -0.133. The summed E-state index contributed by atoms with van der Waals surface area (Å²) in [5.41, 5.74) is 5.82. The first-order valence-corrected chi connectivity index (χ1v) is 18.5. The van der Waals surface area contributed by atoms with Crippen molar-refractivity contribution in [2.24, 2.45) is 17.6 Å². The Morgan fingerprint density at radius 3 is 2.38 bits per heavy atom. The van der Waals surface area contributed by atoms with Gasteiger partial charge in [-0.3, -0.25) is 24.1 Å². The molecular formula is C38H50N6O5S. The zero-order valence-electron chi connectivity index (χ0n) is 29.1. The van der Waals surface area contributed by atoms with E-state index in [9.17, 15) is 24.3 Å². The molecule has 2 aromatic carbocycles. The van der Waals surface area contributed by atoms with Crippen molar-refractivity contribution in [2.45, 2.75) is 94.0 Å². The van der Waals surface area contributed by atoms with Crippen molar-refractivity contribution in [1.82, 2.24) is 25.8 Å². The zero-order chi connectivity index (χ0) is 35.8. The molecule has 11 nitrogen and oxygen atoms in total. The highest BCUT2D eigenvalue weighted by Gasteiger charge is 2.42. The topological polar surface area (TPSA) is 167 Å². The first-order valence-electron chi connectivity index (χ1n) is 17.5. The van der Waals surface area contributed by atoms with E-state index in [2.05, 4.69) is 25.8 Å². The van der Waals surface area contributed by atoms with Gasteiger partial charge in [-0.05, 0) is 69.7 Å². The number of hydrogen-bond acceptors (Lipinski definition) is 8. The molecule has 2 heterocycles. The third-order valence-corrected chi connectivity index (χ3v) is 10.7. The number of aliphatic hydroxyl groups is 1. The number of carbonyl (C=O) groups is 4. The van der Waals surface area contributed by atoms with Crippen LogP contribution in [0.15, 0.2) is 71.6 Å². The fourth-order valence-corrected chi connectivity index (χ4v) is 8.09. The molecule has 6 atom stereocenters. The first-order chi connectivity index (χ1) is 23.9. The number of benzene rings is 2. The number of thioether (sulfide) groups is 1. The third-order valence-electron chi connectivity index (χ3n) is 9.55. The minimum Gasteiger partial charge on any atom is -0.390 e. The van der Waals surface area contributed by atoms with Crippen LogP contribution in [-0.4, -0.2) is 87.2 Å². The van der Waals surface area contributed by atoms with Crippen LogP contribution in [0.2, 0.25) is 0 Å². The van der Waals surface area contributed by atoms with Crippen LogP contribution >= 0.6 is 11.8 Å². The van der Waals surface area contributed by atoms with Gasteiger partial charge < -0.3 is 26.8 Å². The van der Waals surface area contributed by atoms with Crippen molar-refractivity contribution < 1.29 is 24.3 Å². The number of nitrogens with zero attached hydrogens (tertiary/aromatic N) is 2. The first kappa shape index (κ1) is 37.3. The molecule has 1 saturated heterocycles. The van der Waals surface area contributed by atoms with Crippen LogP contribution < -0.4 is 21.7 Å². The number of likely N-dealkylation sites (tertiary alicyclic amines) is 1. The van der Waals surface area contributed by atoms with E-state index in [0.29, 0.717) is 29.7 Å². The van der Waals surface area contributed by atoms with E-state index < -0.39 is 53.9 Å². The second kappa shape index (κ2) is 16.8. The fourth-order valence-electron chi connectivity index (χ4n) is 7.06. The molecule has 12 heteroatoms. The highest BCUT2D eigenvalue weighted by atomic mass is 32.2. The number of piperidine rings is 1. The maximum Gasteiger partial charge on any atom is 0.270 e. The van der Waals surface area contributed by atoms with Gasteiger partial charge in [-0.15, -0.1) is 11.8 Å². The molecule has 5 rings (SSSR count). The van der Waals surface area contributed by atoms with Gasteiger partial charge in [-0.25, -0.2) is 4.98 Å². The monoisotopic (exact) mass is 702 g/mol. The van der Waals surface area contributed by atoms with Gasteiger partial charge in [0.1, 0.15) is 11.7 Å². The summed E-state index contributed by atoms with van der Waals surface area (Å²) in [5, 5.41) is 21.4. The molecule has 1 saturated carbocycles. The normalized spacial score (nSPS) is 21.3. The van der Waals surface area contributed by atoms with E-state index in [-0.39, 0.29) is 18.1 Å². The number of pyridine rings is 1. The van der Waals surface area contributed by atoms with Crippen molar-refractivity contribution in [3.05, 3.63) is 72.4 Å². The maximum atomic E-state index is 13.8. The molecule has 6 N–H and O–H groups in total. The summed E-state index contributed by atoms with van der Waals surface area (Å²) in [6, 6.07) is 17.8. The largest absolute Gasteiger partial charge is 0.390 e. The predicted octanol–water partition coefficient (Wildman–Crippen LogP) is 3.64. The highest BCUT2D eigenvalue weighted by molar-refractivity contribution is 7.99. The standard InChI is InChI=1S/C38H50N6O5S/c1-38(2,3)43-37(49)32-19-25-12-7-8-13-26(25)21-44(32)22-33(45)31(23-50-27-14-5-4-6-15-27)42-36(48)30(20-34(39)46)41-35(47)29-18-17-24-11-9-10-16-28(24)40-29/h4-6,9-11,14-18,25-26,30-33,45H,7-8,12-13,19-23H2,1-3H3,(H2,39,46)(H,41,47)(H,42,48)(H,43,49)/t25-,26+,30-,31-,32-,33+/m0/s1. The number of nitrogens with one attached hydrogen (secondary N) is 3. The minimum absolute atomic E-state index is 0.0560. The van der Waals surface area contributed by atoms with Crippen LogP contribution in [0.3, 0.4) is 0 Å². The van der Waals surface area contributed by atoms with Crippen LogP contribution in [0.1, 0.15) is 69.8 Å². The summed E-state index contributed by atoms with van der Waals surface area (Å²) in [5.74, 6) is -0.888. The smallest absolute Gasteiger partial charge is 0.270 e. The number of para-hydroxylation sites is 1. The molecule has 0 radical (unpaired) electrons. The van der Waals surface area contributed by atoms with Gasteiger partial charge in [0, 0.05) is 34.7 Å². The number of nitrogens with two attached hydrogens (primary N) is 1. The molecule has 0 unspecified atom stereocenters. The Balaban J connectivity index is 1.34. The third kappa shape index (κ3) is 10.3. The number of hydrogen-bond donors (Lipinski definition) is 5. The Bertz CT molecular complexity index is 1650. The molecule has 0 spiro atoms. The molecule has 4 amide bonds. The van der Waals surface area contributed by atoms with Crippen molar-refractivity contribution >= 4 is 46.3 Å². The Hall–Kier alpha value is -4.00. The van der Waals surface area contributed by atoms with Crippen LogP contribution in [0.5, 0.6) is 0 Å². The Kier molecular flexibility index (Phi) is 12.5. The van der Waals surface area contributed by atoms with E-state index in [0.717, 1.165) is 36.0 Å². The number of fused-ring (bicyclic) bond motifs is 2. The number of primary amides is 1. The number of rotatable bonds is 13. The predicted molar refractivity (Wildman–Crippen MR) is 195 cm³/mol. The van der Waals surface area contributed by atoms with Gasteiger partial charge in [-0.2, -0.15) is 0 Å². The van der Waals surface area contributed by atoms with Gasteiger partial charge in [0.15, 0.2) is 0 Å². The molecule has 0 bridgehead atoms. The zero-order valence-corrected chi connectivity index (χ0v) is 30.0. The average Bonchev–Trinajstić information content (AvgIpc) is 3.08. The molecule has 1 aliphatic heterocycles. The van der Waals surface area contributed by atoms with Crippen molar-refractivity contribution in [3.8, 4) is 0 Å².